The van der Waals surface area contributed by atoms with Crippen molar-refractivity contribution in [3.63, 3.8) is 0 Å². The number of alkyl carbamates (subject to hydrolysis) is 3. The van der Waals surface area contributed by atoms with Crippen LogP contribution in [0.1, 0.15) is 156 Å². The Hall–Kier alpha value is -11.0. The predicted octanol–water partition coefficient (Wildman–Crippen LogP) is 7.66. The minimum atomic E-state index is -1.10. The van der Waals surface area contributed by atoms with Crippen LogP contribution in [-0.2, 0) is 153 Å². The van der Waals surface area contributed by atoms with E-state index in [1.54, 1.807) is 62.3 Å². The van der Waals surface area contributed by atoms with Crippen LogP contribution in [0, 0.1) is 0 Å². The highest BCUT2D eigenvalue weighted by molar-refractivity contribution is 6.67. The number of benzene rings is 3. The molecule has 0 radical (unpaired) electrons. The number of esters is 10. The molecule has 0 bridgehead atoms. The van der Waals surface area contributed by atoms with Gasteiger partial charge >= 0.3 is 95.9 Å². The van der Waals surface area contributed by atoms with Crippen LogP contribution in [0.2, 0.25) is 0 Å². The fourth-order valence-corrected chi connectivity index (χ4v) is 6.99. The highest BCUT2D eigenvalue weighted by Gasteiger charge is 2.21. The SMILES string of the molecule is C1CCOC1.CC(C)(C)OC(=O)NCC(=O)O.CC(C)(C)OC(=O)NCC(=O)OCC(=O)OCCCC(=O)O.CC(C)(C)OC(=O)NCC(=O)OCC(=O)OCCCC(=O)OCc1ccccc1.NCC(=O)OCC(=O)OCCCC(=O)O.O=C(CCCO)OCc1ccccc1.O=C(CCl)OCCCC(=O)OCc1ccccc1.O=C(Cl)CCl. The number of aliphatic carboxylic acids is 3. The standard InChI is InChI=1S/C20H27NO8.C13H15ClO4.C13H21NO8.C11H14O3.C8H13NO6.C7H13NO4.C4H8O.C2H2Cl2O/c1-20(2,3)29-19(25)21-12-17(23)28-14-18(24)26-11-7-10-16(22)27-13-15-8-5-4-6-9-15;14-9-13(16)17-8-4-7-12(15)18-10-11-5-2-1-3-6-11;1-13(2,3)22-12(19)14-7-10(17)21-8-11(18)20-6-4-5-9(15)16;12-8-4-7-11(13)14-9-10-5-2-1-3-6-10;9-4-7(12)15-5-8(13)14-3-1-2-6(10)11;1-7(2,3)12-6(11)8-4-5(9)10;1-2-4-5-3-1;3-1-2(4)5/h4-6,8-9H,7,10-14H2,1-3H3,(H,21,25);1-3,5-6H,4,7-10H2;4-8H2,1-3H3,(H,14,19)(H,15,16);1-3,5-6,12H,4,7-9H2;1-5,9H2,(H,10,11);4H2,1-3H3,(H,8,11)(H,9,10);1-4H2;1H2. The molecule has 1 aliphatic rings. The van der Waals surface area contributed by atoms with Crippen molar-refractivity contribution in [2.45, 2.75) is 176 Å². The van der Waals surface area contributed by atoms with Gasteiger partial charge in [-0.3, -0.25) is 52.7 Å². The van der Waals surface area contributed by atoms with E-state index in [0.29, 0.717) is 19.4 Å². The average Bonchev–Trinajstić information content (AvgIpc) is 1.08. The smallest absolute Gasteiger partial charge is 0.408 e. The highest BCUT2D eigenvalue weighted by Crippen LogP contribution is 2.11. The first-order valence-electron chi connectivity index (χ1n) is 36.9. The van der Waals surface area contributed by atoms with Crippen LogP contribution in [0.4, 0.5) is 14.4 Å². The number of aliphatic hydroxyl groups is 1. The summed E-state index contributed by atoms with van der Waals surface area (Å²) in [6.07, 6.45) is 2.30. The van der Waals surface area contributed by atoms with Gasteiger partial charge in [0.05, 0.1) is 38.9 Å². The molecular weight excluding hydrogens is 1660 g/mol. The van der Waals surface area contributed by atoms with E-state index in [4.69, 9.17) is 104 Å². The first-order valence-corrected chi connectivity index (χ1v) is 38.3. The molecule has 0 unspecified atom stereocenters. The van der Waals surface area contributed by atoms with Gasteiger partial charge in [0.15, 0.2) is 19.8 Å². The van der Waals surface area contributed by atoms with Crippen LogP contribution >= 0.6 is 34.8 Å². The largest absolute Gasteiger partial charge is 0.481 e. The molecular formula is C78H113Cl3N4O35. The topological polar surface area (TPSA) is 562 Å². The molecule has 0 spiro atoms. The average molecular weight is 1770 g/mol. The molecule has 1 saturated heterocycles. The molecule has 676 valence electrons. The van der Waals surface area contributed by atoms with Gasteiger partial charge in [0, 0.05) is 51.9 Å². The van der Waals surface area contributed by atoms with Gasteiger partial charge in [-0.1, -0.05) is 91.0 Å². The van der Waals surface area contributed by atoms with Gasteiger partial charge in [-0.05, 0) is 136 Å². The molecule has 4 rings (SSSR count). The third-order valence-electron chi connectivity index (χ3n) is 12.0. The Balaban J connectivity index is -0.000000670. The van der Waals surface area contributed by atoms with Gasteiger partial charge in [-0.15, -0.1) is 23.2 Å². The van der Waals surface area contributed by atoms with Crippen molar-refractivity contribution in [3.8, 4) is 0 Å². The molecule has 3 aromatic rings. The monoisotopic (exact) mass is 1770 g/mol. The Bertz CT molecular complexity index is 3450. The number of amides is 3. The predicted molar refractivity (Wildman–Crippen MR) is 426 cm³/mol. The number of halogens is 3. The summed E-state index contributed by atoms with van der Waals surface area (Å²) in [6, 6.07) is 28.2. The maximum atomic E-state index is 11.6. The van der Waals surface area contributed by atoms with Crippen molar-refractivity contribution < 1.29 is 168 Å². The van der Waals surface area contributed by atoms with Crippen molar-refractivity contribution in [1.82, 2.24) is 16.0 Å². The fourth-order valence-electron chi connectivity index (χ4n) is 6.91. The normalized spacial score (nSPS) is 10.7. The number of hydrogen-bond donors (Lipinski definition) is 8. The number of ether oxygens (including phenoxy) is 14. The van der Waals surface area contributed by atoms with Gasteiger partial charge in [0.1, 0.15) is 62.1 Å². The molecule has 3 amide bonds. The number of aliphatic hydroxyl groups excluding tert-OH is 1. The lowest BCUT2D eigenvalue weighted by Gasteiger charge is -2.19. The third-order valence-corrected chi connectivity index (χ3v) is 12.8. The number of carbonyl (C=O) groups excluding carboxylic acids is 14. The summed E-state index contributed by atoms with van der Waals surface area (Å²) in [5, 5.41) is 39.3. The quantitative estimate of drug-likeness (QED) is 0.00890. The lowest BCUT2D eigenvalue weighted by atomic mass is 10.2. The second-order valence-electron chi connectivity index (χ2n) is 26.4. The number of carbonyl (C=O) groups is 17. The van der Waals surface area contributed by atoms with E-state index in [9.17, 15) is 81.5 Å². The second kappa shape index (κ2) is 73.2. The Morgan fingerprint density at radius 2 is 0.650 bits per heavy atom. The van der Waals surface area contributed by atoms with E-state index < -0.39 is 145 Å². The highest BCUT2D eigenvalue weighted by atomic mass is 35.5. The van der Waals surface area contributed by atoms with Crippen molar-refractivity contribution in [1.29, 1.82) is 0 Å². The van der Waals surface area contributed by atoms with Crippen molar-refractivity contribution in [2.24, 2.45) is 5.73 Å². The van der Waals surface area contributed by atoms with E-state index >= 15 is 0 Å². The molecule has 3 aromatic carbocycles. The maximum absolute atomic E-state index is 11.6. The Kier molecular flexibility index (Phi) is 70.3. The maximum Gasteiger partial charge on any atom is 0.408 e. The summed E-state index contributed by atoms with van der Waals surface area (Å²) >= 11 is 14.8. The number of carboxylic acids is 3. The Morgan fingerprint density at radius 3 is 0.900 bits per heavy atom. The molecule has 9 N–H and O–H groups in total. The minimum absolute atomic E-state index is 0.00696. The lowest BCUT2D eigenvalue weighted by molar-refractivity contribution is -0.158. The summed E-state index contributed by atoms with van der Waals surface area (Å²) in [4.78, 5) is 185. The number of hydrogen-bond acceptors (Lipinski definition) is 33. The Morgan fingerprint density at radius 1 is 0.367 bits per heavy atom. The first-order chi connectivity index (χ1) is 56.4. The van der Waals surface area contributed by atoms with Gasteiger partial charge in [0.2, 0.25) is 5.24 Å². The van der Waals surface area contributed by atoms with Gasteiger partial charge in [-0.25, -0.2) is 28.8 Å². The van der Waals surface area contributed by atoms with E-state index in [-0.39, 0.29) is 128 Å². The van der Waals surface area contributed by atoms with Crippen molar-refractivity contribution >= 4 is 136 Å². The third kappa shape index (κ3) is 89.3. The molecule has 0 saturated carbocycles. The van der Waals surface area contributed by atoms with Crippen LogP contribution in [0.3, 0.4) is 0 Å². The molecule has 1 aliphatic heterocycles. The van der Waals surface area contributed by atoms with Crippen LogP contribution in [0.15, 0.2) is 91.0 Å². The zero-order valence-electron chi connectivity index (χ0n) is 68.7. The summed E-state index contributed by atoms with van der Waals surface area (Å²) in [5.74, 6) is -9.35. The van der Waals surface area contributed by atoms with Crippen LogP contribution in [0.5, 0.6) is 0 Å². The van der Waals surface area contributed by atoms with Gasteiger partial charge in [0.25, 0.3) is 0 Å². The first kappa shape index (κ1) is 115. The molecule has 0 aliphatic carbocycles. The van der Waals surface area contributed by atoms with Crippen molar-refractivity contribution in [3.05, 3.63) is 108 Å². The van der Waals surface area contributed by atoms with Gasteiger partial charge < -0.3 is 108 Å². The molecule has 39 nitrogen and oxygen atoms in total. The summed E-state index contributed by atoms with van der Waals surface area (Å²) in [6.45, 7) is 14.8. The molecule has 0 atom stereocenters. The van der Waals surface area contributed by atoms with E-state index in [2.05, 4.69) is 39.6 Å². The minimum Gasteiger partial charge on any atom is -0.481 e. The molecule has 120 heavy (non-hydrogen) atoms. The number of carboxylic acid groups (broad SMARTS) is 3. The number of nitrogens with two attached hydrogens (primary N) is 1. The van der Waals surface area contributed by atoms with Gasteiger partial charge in [-0.2, -0.15) is 0 Å². The number of rotatable bonds is 40. The van der Waals surface area contributed by atoms with Crippen molar-refractivity contribution in [2.75, 3.05) is 104 Å². The Labute approximate surface area is 710 Å². The molecule has 0 aromatic heterocycles. The summed E-state index contributed by atoms with van der Waals surface area (Å²) < 4.78 is 67.1. The molecule has 42 heteroatoms. The van der Waals surface area contributed by atoms with E-state index in [0.717, 1.165) is 29.9 Å². The van der Waals surface area contributed by atoms with E-state index in [1.807, 2.05) is 91.0 Å². The zero-order valence-corrected chi connectivity index (χ0v) is 71.0. The van der Waals surface area contributed by atoms with Crippen LogP contribution < -0.4 is 21.7 Å². The number of nitrogens with one attached hydrogen (secondary N) is 3. The zero-order chi connectivity index (χ0) is 91.6. The molecule has 1 heterocycles. The van der Waals surface area contributed by atoms with Crippen LogP contribution in [0.25, 0.3) is 0 Å². The molecule has 1 fully saturated rings. The van der Waals surface area contributed by atoms with E-state index in [1.165, 1.54) is 12.8 Å². The lowest BCUT2D eigenvalue weighted by Crippen LogP contribution is -2.36. The summed E-state index contributed by atoms with van der Waals surface area (Å²) in [7, 11) is 0. The summed E-state index contributed by atoms with van der Waals surface area (Å²) in [5.41, 5.74) is 5.76. The number of alkyl halides is 2. The van der Waals surface area contributed by atoms with Crippen LogP contribution in [-0.4, -0.2) is 242 Å². The fraction of sp³-hybridized carbons (Fsp3) is 0.551. The second-order valence-corrected chi connectivity index (χ2v) is 27.4.